The molecule has 0 aromatic heterocycles. The Morgan fingerprint density at radius 1 is 0.400 bits per heavy atom. The first-order chi connectivity index (χ1) is 18.7. The van der Waals surface area contributed by atoms with E-state index in [1.807, 2.05) is 41.5 Å². The molecule has 0 fully saturated rings. The first-order valence-electron chi connectivity index (χ1n) is 14.2. The van der Waals surface area contributed by atoms with Gasteiger partial charge in [0.25, 0.3) is 0 Å². The lowest BCUT2D eigenvalue weighted by atomic mass is 9.85. The highest BCUT2D eigenvalue weighted by Gasteiger charge is 2.22. The molecule has 0 nitrogen and oxygen atoms in total. The van der Waals surface area contributed by atoms with E-state index in [4.69, 9.17) is 72.7 Å². The lowest BCUT2D eigenvalue weighted by molar-refractivity contribution is 0.588. The average molecular weight is 743 g/mol. The van der Waals surface area contributed by atoms with Crippen LogP contribution in [-0.2, 0) is 16.2 Å². The molecule has 0 saturated heterocycles. The molecule has 0 aliphatic heterocycles. The summed E-state index contributed by atoms with van der Waals surface area (Å²) in [5.41, 5.74) is 10.3. The van der Waals surface area contributed by atoms with Crippen LogP contribution in [0.4, 0.5) is 14.1 Å². The molecule has 0 amide bonds. The van der Waals surface area contributed by atoms with E-state index in [1.54, 1.807) is 0 Å². The summed E-state index contributed by atoms with van der Waals surface area (Å²) in [6.07, 6.45) is 0. The van der Waals surface area contributed by atoms with Gasteiger partial charge in [-0.05, 0) is 108 Å². The first-order valence-corrected chi connectivity index (χ1v) is 16.5. The van der Waals surface area contributed by atoms with Crippen molar-refractivity contribution in [3.8, 4) is 0 Å². The maximum atomic E-state index is 6.29. The smallest absolute Gasteiger partial charge is 0.0487 e. The molecular formula is C36H51Cl3F3S3. The summed E-state index contributed by atoms with van der Waals surface area (Å²) in [5.74, 6) is 0. The van der Waals surface area contributed by atoms with Crippen LogP contribution in [0, 0.1) is 41.5 Å². The molecule has 3 aromatic carbocycles. The van der Waals surface area contributed by atoms with Crippen molar-refractivity contribution < 1.29 is 14.1 Å². The van der Waals surface area contributed by atoms with E-state index in [0.29, 0.717) is 0 Å². The van der Waals surface area contributed by atoms with Gasteiger partial charge in [-0.15, -0.1) is 0 Å². The van der Waals surface area contributed by atoms with Crippen molar-refractivity contribution >= 4 is 72.7 Å². The van der Waals surface area contributed by atoms with E-state index in [2.05, 4.69) is 80.5 Å². The SMILES string of the molecule is Cc1cc(C(C)(C)C)c(Cl)c(C)c1[S].Cc1cc(C(C)(C)C)c(Cl)c(C)c1[S].Cc1cc(C(C)(C)C)c(Cl)c(C)c1[S].F.F.F. The van der Waals surface area contributed by atoms with Gasteiger partial charge in [-0.3, -0.25) is 14.1 Å². The molecule has 3 radical (unpaired) electrons. The van der Waals surface area contributed by atoms with Gasteiger partial charge in [-0.25, -0.2) is 0 Å². The Bertz CT molecular complexity index is 1280. The molecule has 0 bridgehead atoms. The number of rotatable bonds is 0. The molecule has 0 heterocycles. The maximum absolute atomic E-state index is 6.29. The minimum absolute atomic E-state index is 0. The predicted octanol–water partition coefficient (Wildman–Crippen LogP) is 14.9. The van der Waals surface area contributed by atoms with Crippen molar-refractivity contribution in [2.24, 2.45) is 0 Å². The lowest BCUT2D eigenvalue weighted by Gasteiger charge is -2.23. The minimum Gasteiger partial charge on any atom is -0.269 e. The van der Waals surface area contributed by atoms with Crippen molar-refractivity contribution in [1.82, 2.24) is 0 Å². The molecule has 3 aromatic rings. The van der Waals surface area contributed by atoms with Crippen LogP contribution in [0.2, 0.25) is 15.1 Å². The van der Waals surface area contributed by atoms with Gasteiger partial charge in [0, 0.05) is 29.8 Å². The second kappa shape index (κ2) is 17.9. The summed E-state index contributed by atoms with van der Waals surface area (Å²) >= 11 is 34.7. The zero-order valence-electron chi connectivity index (χ0n) is 29.3. The number of aryl methyl sites for hydroxylation is 3. The monoisotopic (exact) mass is 741 g/mol. The fraction of sp³-hybridized carbons (Fsp3) is 0.500. The van der Waals surface area contributed by atoms with E-state index in [1.165, 1.54) is 16.7 Å². The molecule has 255 valence electrons. The number of hydrogen-bond donors (Lipinski definition) is 0. The number of hydrogen-bond acceptors (Lipinski definition) is 0. The van der Waals surface area contributed by atoms with Gasteiger partial charge >= 0.3 is 0 Å². The van der Waals surface area contributed by atoms with Crippen molar-refractivity contribution in [2.75, 3.05) is 0 Å². The van der Waals surface area contributed by atoms with Gasteiger partial charge in [0.2, 0.25) is 0 Å². The van der Waals surface area contributed by atoms with E-state index in [0.717, 1.165) is 63.1 Å². The highest BCUT2D eigenvalue weighted by atomic mass is 35.5. The zero-order valence-corrected chi connectivity index (χ0v) is 34.0. The molecule has 3 rings (SSSR count). The average Bonchev–Trinajstić information content (AvgIpc) is 2.85. The Morgan fingerprint density at radius 3 is 0.689 bits per heavy atom. The molecule has 0 aliphatic carbocycles. The molecule has 0 saturated carbocycles. The van der Waals surface area contributed by atoms with Crippen LogP contribution in [0.5, 0.6) is 0 Å². The minimum atomic E-state index is 0. The summed E-state index contributed by atoms with van der Waals surface area (Å²) in [4.78, 5) is 2.68. The second-order valence-electron chi connectivity index (χ2n) is 14.3. The summed E-state index contributed by atoms with van der Waals surface area (Å²) < 4.78 is 0. The third kappa shape index (κ3) is 12.2. The topological polar surface area (TPSA) is 0 Å². The van der Waals surface area contributed by atoms with Gasteiger partial charge in [-0.2, -0.15) is 0 Å². The summed E-state index contributed by atoms with van der Waals surface area (Å²) in [5, 5.41) is 2.48. The zero-order chi connectivity index (χ0) is 33.3. The summed E-state index contributed by atoms with van der Waals surface area (Å²) in [7, 11) is 0. The van der Waals surface area contributed by atoms with Crippen LogP contribution in [-0.4, -0.2) is 0 Å². The van der Waals surface area contributed by atoms with Crippen LogP contribution in [0.1, 0.15) is 112 Å². The number of benzene rings is 3. The van der Waals surface area contributed by atoms with E-state index in [-0.39, 0.29) is 30.4 Å². The Morgan fingerprint density at radius 2 is 0.556 bits per heavy atom. The van der Waals surface area contributed by atoms with Crippen molar-refractivity contribution in [3.05, 3.63) is 83.3 Å². The quantitative estimate of drug-likeness (QED) is 0.215. The van der Waals surface area contributed by atoms with E-state index < -0.39 is 0 Å². The van der Waals surface area contributed by atoms with Crippen LogP contribution in [0.25, 0.3) is 0 Å². The molecule has 45 heavy (non-hydrogen) atoms. The highest BCUT2D eigenvalue weighted by Crippen LogP contribution is 2.38. The maximum Gasteiger partial charge on any atom is 0.0487 e. The molecule has 0 spiro atoms. The number of halogens is 6. The van der Waals surface area contributed by atoms with Gasteiger partial charge in [0.1, 0.15) is 0 Å². The van der Waals surface area contributed by atoms with Crippen LogP contribution in [0.3, 0.4) is 0 Å². The van der Waals surface area contributed by atoms with Crippen molar-refractivity contribution in [3.63, 3.8) is 0 Å². The molecule has 0 atom stereocenters. The van der Waals surface area contributed by atoms with Crippen LogP contribution in [0.15, 0.2) is 32.9 Å². The fourth-order valence-electron chi connectivity index (χ4n) is 4.47. The summed E-state index contributed by atoms with van der Waals surface area (Å²) in [6, 6.07) is 6.33. The third-order valence-corrected chi connectivity index (χ3v) is 10.6. The van der Waals surface area contributed by atoms with Gasteiger partial charge in [-0.1, -0.05) is 153 Å². The second-order valence-corrected chi connectivity index (χ2v) is 16.6. The molecule has 0 N–H and O–H groups in total. The van der Waals surface area contributed by atoms with E-state index in [9.17, 15) is 0 Å². The Kier molecular flexibility index (Phi) is 19.3. The standard InChI is InChI=1S/3C12H16ClS.3FH/c3*1-7-6-9(12(3,4)5)10(13)8(2)11(7)14;;;/h3*6H,1-5H3;3*1H. The van der Waals surface area contributed by atoms with E-state index >= 15 is 0 Å². The van der Waals surface area contributed by atoms with Crippen molar-refractivity contribution in [2.45, 2.75) is 135 Å². The van der Waals surface area contributed by atoms with Gasteiger partial charge in [0.05, 0.1) is 0 Å². The first kappa shape index (κ1) is 48.4. The Balaban J connectivity index is -0.000000569. The van der Waals surface area contributed by atoms with Gasteiger partial charge < -0.3 is 0 Å². The normalized spacial score (nSPS) is 11.1. The molecule has 0 unspecified atom stereocenters. The summed E-state index contributed by atoms with van der Waals surface area (Å²) in [6.45, 7) is 31.6. The van der Waals surface area contributed by atoms with Crippen molar-refractivity contribution in [1.29, 1.82) is 0 Å². The highest BCUT2D eigenvalue weighted by molar-refractivity contribution is 7.80. The predicted molar refractivity (Wildman–Crippen MR) is 204 cm³/mol. The Labute approximate surface area is 303 Å². The largest absolute Gasteiger partial charge is 0.269 e. The lowest BCUT2D eigenvalue weighted by Crippen LogP contribution is -2.13. The molecule has 9 heteroatoms. The third-order valence-electron chi connectivity index (χ3n) is 7.30. The molecular weight excluding hydrogens is 692 g/mol. The fourth-order valence-corrected chi connectivity index (χ4v) is 6.41. The molecule has 0 aliphatic rings. The van der Waals surface area contributed by atoms with Crippen LogP contribution >= 0.6 is 72.7 Å². The Hall–Kier alpha value is -1.02. The van der Waals surface area contributed by atoms with Gasteiger partial charge in [0.15, 0.2) is 0 Å². The van der Waals surface area contributed by atoms with Crippen LogP contribution < -0.4 is 0 Å².